The normalized spacial score (nSPS) is 10.9. The van der Waals surface area contributed by atoms with E-state index in [2.05, 4.69) is 0 Å². The lowest BCUT2D eigenvalue weighted by molar-refractivity contribution is 0.100. The molecule has 8 nitrogen and oxygen atoms in total. The summed E-state index contributed by atoms with van der Waals surface area (Å²) in [6.45, 7) is 2.69. The van der Waals surface area contributed by atoms with Gasteiger partial charge in [-0.25, -0.2) is 4.79 Å². The summed E-state index contributed by atoms with van der Waals surface area (Å²) in [7, 11) is 3.20. The molecule has 2 heterocycles. The van der Waals surface area contributed by atoms with Gasteiger partial charge >= 0.3 is 6.09 Å². The monoisotopic (exact) mass is 447 g/mol. The maximum atomic E-state index is 12.4. The van der Waals surface area contributed by atoms with Crippen molar-refractivity contribution in [1.29, 1.82) is 0 Å². The van der Waals surface area contributed by atoms with Gasteiger partial charge in [0.2, 0.25) is 0 Å². The van der Waals surface area contributed by atoms with E-state index in [1.54, 1.807) is 32.3 Å². The number of hydrogen-bond acceptors (Lipinski definition) is 5. The minimum absolute atomic E-state index is 0.214. The largest absolute Gasteiger partial charge is 0.494 e. The van der Waals surface area contributed by atoms with Crippen molar-refractivity contribution < 1.29 is 23.8 Å². The number of fused-ring (bicyclic) bond motifs is 3. The summed E-state index contributed by atoms with van der Waals surface area (Å²) in [4.78, 5) is 25.9. The van der Waals surface area contributed by atoms with Gasteiger partial charge in [-0.15, -0.1) is 0 Å². The van der Waals surface area contributed by atoms with E-state index >= 15 is 0 Å². The van der Waals surface area contributed by atoms with Crippen LogP contribution in [0.25, 0.3) is 16.4 Å². The number of carbonyl (C=O) groups is 2. The summed E-state index contributed by atoms with van der Waals surface area (Å²) in [6.07, 6.45) is 1.29. The second kappa shape index (κ2) is 9.12. The number of nitrogens with zero attached hydrogens (tertiary/aromatic N) is 2. The summed E-state index contributed by atoms with van der Waals surface area (Å²) >= 11 is 0. The number of benzene rings is 2. The first-order chi connectivity index (χ1) is 15.9. The average molecular weight is 447 g/mol. The van der Waals surface area contributed by atoms with Crippen LogP contribution >= 0.6 is 0 Å². The van der Waals surface area contributed by atoms with Crippen molar-refractivity contribution in [2.24, 2.45) is 5.73 Å². The molecule has 0 saturated heterocycles. The van der Waals surface area contributed by atoms with Gasteiger partial charge in [-0.2, -0.15) is 0 Å². The molecule has 0 aliphatic heterocycles. The van der Waals surface area contributed by atoms with E-state index in [0.29, 0.717) is 40.1 Å². The van der Waals surface area contributed by atoms with Crippen LogP contribution < -0.4 is 19.9 Å². The minimum Gasteiger partial charge on any atom is -0.494 e. The predicted octanol–water partition coefficient (Wildman–Crippen LogP) is 4.23. The molecule has 0 aliphatic carbocycles. The molecule has 4 aromatic rings. The number of amides is 2. The van der Waals surface area contributed by atoms with E-state index in [1.165, 1.54) is 4.90 Å². The molecule has 4 rings (SSSR count). The Labute approximate surface area is 191 Å². The Morgan fingerprint density at radius 3 is 2.52 bits per heavy atom. The Balaban J connectivity index is 1.84. The minimum atomic E-state index is -0.574. The molecular formula is C25H25N3O5. The summed E-state index contributed by atoms with van der Waals surface area (Å²) < 4.78 is 19.1. The summed E-state index contributed by atoms with van der Waals surface area (Å²) in [5.41, 5.74) is 8.27. The van der Waals surface area contributed by atoms with Gasteiger partial charge in [0, 0.05) is 32.4 Å². The van der Waals surface area contributed by atoms with Crippen LogP contribution in [0, 0.1) is 0 Å². The molecule has 2 aromatic heterocycles. The molecule has 2 aromatic carbocycles. The van der Waals surface area contributed by atoms with Gasteiger partial charge in [-0.1, -0.05) is 18.2 Å². The van der Waals surface area contributed by atoms with Crippen molar-refractivity contribution >= 4 is 28.4 Å². The number of ether oxygens (including phenoxy) is 3. The lowest BCUT2D eigenvalue weighted by Gasteiger charge is -2.14. The molecule has 2 amide bonds. The Hall–Kier alpha value is -4.20. The van der Waals surface area contributed by atoms with E-state index in [9.17, 15) is 9.59 Å². The van der Waals surface area contributed by atoms with Crippen molar-refractivity contribution in [3.8, 4) is 17.2 Å². The van der Waals surface area contributed by atoms with E-state index in [0.717, 1.165) is 11.3 Å². The quantitative estimate of drug-likeness (QED) is 0.457. The average Bonchev–Trinajstić information content (AvgIpc) is 3.13. The molecule has 0 radical (unpaired) electrons. The van der Waals surface area contributed by atoms with Crippen LogP contribution in [0.4, 0.5) is 4.79 Å². The van der Waals surface area contributed by atoms with Gasteiger partial charge in [0.1, 0.15) is 23.9 Å². The fourth-order valence-electron chi connectivity index (χ4n) is 3.67. The zero-order valence-electron chi connectivity index (χ0n) is 18.7. The lowest BCUT2D eigenvalue weighted by atomic mass is 10.1. The smallest absolute Gasteiger partial charge is 0.414 e. The van der Waals surface area contributed by atoms with Gasteiger partial charge in [0.05, 0.1) is 28.6 Å². The topological polar surface area (TPSA) is 95.5 Å². The number of rotatable bonds is 7. The van der Waals surface area contributed by atoms with Gasteiger partial charge in [-0.3, -0.25) is 4.79 Å². The van der Waals surface area contributed by atoms with E-state index in [4.69, 9.17) is 19.9 Å². The third-order valence-electron chi connectivity index (χ3n) is 5.10. The molecule has 2 N–H and O–H groups in total. The molecule has 8 heteroatoms. The molecule has 0 aliphatic rings. The van der Waals surface area contributed by atoms with Crippen LogP contribution in [-0.2, 0) is 6.61 Å². The molecule has 0 atom stereocenters. The zero-order chi connectivity index (χ0) is 23.5. The van der Waals surface area contributed by atoms with Crippen LogP contribution in [0.5, 0.6) is 17.2 Å². The Morgan fingerprint density at radius 1 is 0.970 bits per heavy atom. The molecule has 0 spiro atoms. The fourth-order valence-corrected chi connectivity index (χ4v) is 3.67. The zero-order valence-corrected chi connectivity index (χ0v) is 18.7. The predicted molar refractivity (Wildman–Crippen MR) is 125 cm³/mol. The number of hydrogen-bond donors (Lipinski definition) is 1. The number of pyridine rings is 1. The van der Waals surface area contributed by atoms with Crippen molar-refractivity contribution in [3.05, 3.63) is 71.9 Å². The first-order valence-corrected chi connectivity index (χ1v) is 10.5. The maximum absolute atomic E-state index is 12.4. The third-order valence-corrected chi connectivity index (χ3v) is 5.10. The van der Waals surface area contributed by atoms with E-state index < -0.39 is 12.0 Å². The molecule has 0 saturated carbocycles. The Kier molecular flexibility index (Phi) is 6.08. The second-order valence-electron chi connectivity index (χ2n) is 7.64. The van der Waals surface area contributed by atoms with Crippen LogP contribution in [0.3, 0.4) is 0 Å². The van der Waals surface area contributed by atoms with Gasteiger partial charge in [0.25, 0.3) is 5.91 Å². The van der Waals surface area contributed by atoms with Crippen molar-refractivity contribution in [2.75, 3.05) is 20.7 Å². The molecule has 33 heavy (non-hydrogen) atoms. The molecule has 170 valence electrons. The molecular weight excluding hydrogens is 422 g/mol. The third kappa shape index (κ3) is 4.41. The van der Waals surface area contributed by atoms with Crippen LogP contribution in [0.1, 0.15) is 22.8 Å². The van der Waals surface area contributed by atoms with Gasteiger partial charge < -0.3 is 29.2 Å². The van der Waals surface area contributed by atoms with Crippen molar-refractivity contribution in [3.63, 3.8) is 0 Å². The first kappa shape index (κ1) is 22.0. The first-order valence-electron chi connectivity index (χ1n) is 10.5. The van der Waals surface area contributed by atoms with Crippen molar-refractivity contribution in [2.45, 2.75) is 13.5 Å². The van der Waals surface area contributed by atoms with Gasteiger partial charge in [-0.05, 0) is 36.8 Å². The molecule has 0 fully saturated rings. The van der Waals surface area contributed by atoms with E-state index in [1.807, 2.05) is 53.9 Å². The van der Waals surface area contributed by atoms with Crippen LogP contribution in [-0.4, -0.2) is 42.0 Å². The number of primary amides is 1. The highest BCUT2D eigenvalue weighted by atomic mass is 16.6. The maximum Gasteiger partial charge on any atom is 0.414 e. The SMILES string of the molecule is CCOc1cccc(COc2cc(OC(=O)N(C)C)cc3c2c(C(N)=O)c2ccccn23)c1. The van der Waals surface area contributed by atoms with Crippen molar-refractivity contribution in [1.82, 2.24) is 9.30 Å². The van der Waals surface area contributed by atoms with E-state index in [-0.39, 0.29) is 6.61 Å². The van der Waals surface area contributed by atoms with Crippen LogP contribution in [0.15, 0.2) is 60.8 Å². The van der Waals surface area contributed by atoms with Gasteiger partial charge in [0.15, 0.2) is 0 Å². The number of nitrogens with two attached hydrogens (primary N) is 1. The summed E-state index contributed by atoms with van der Waals surface area (Å²) in [6, 6.07) is 16.3. The number of carbonyl (C=O) groups excluding carboxylic acids is 2. The van der Waals surface area contributed by atoms with Crippen LogP contribution in [0.2, 0.25) is 0 Å². The molecule has 0 bridgehead atoms. The highest BCUT2D eigenvalue weighted by Gasteiger charge is 2.22. The summed E-state index contributed by atoms with van der Waals surface area (Å²) in [5, 5.41) is 0.555. The molecule has 0 unspecified atom stereocenters. The highest BCUT2D eigenvalue weighted by Crippen LogP contribution is 2.38. The Morgan fingerprint density at radius 2 is 1.79 bits per heavy atom. The highest BCUT2D eigenvalue weighted by molar-refractivity contribution is 6.15. The standard InChI is InChI=1S/C25H25N3O5/c1-4-31-17-9-7-8-16(12-17)15-32-21-14-18(33-25(30)27(2)3)13-20-22(21)23(24(26)29)19-10-5-6-11-28(19)20/h5-14H,4,15H2,1-3H3,(H2,26,29). The summed E-state index contributed by atoms with van der Waals surface area (Å²) in [5.74, 6) is 0.840. The number of aromatic nitrogens is 1. The lowest BCUT2D eigenvalue weighted by Crippen LogP contribution is -2.25. The fraction of sp³-hybridized carbons (Fsp3) is 0.200. The Bertz CT molecular complexity index is 1340. The second-order valence-corrected chi connectivity index (χ2v) is 7.64.